The summed E-state index contributed by atoms with van der Waals surface area (Å²) in [5.41, 5.74) is 2.13. The Hall–Kier alpha value is -2.60. The second-order valence-electron chi connectivity index (χ2n) is 5.52. The molecule has 1 heterocycles. The molecule has 0 saturated heterocycles. The van der Waals surface area contributed by atoms with Crippen molar-refractivity contribution in [2.45, 2.75) is 23.8 Å². The number of hydrogen-bond donors (Lipinski definition) is 0. The van der Waals surface area contributed by atoms with Crippen LogP contribution in [0, 0.1) is 0 Å². The van der Waals surface area contributed by atoms with Gasteiger partial charge in [-0.25, -0.2) is 0 Å². The van der Waals surface area contributed by atoms with E-state index in [1.807, 2.05) is 53.1 Å². The summed E-state index contributed by atoms with van der Waals surface area (Å²) in [6, 6.07) is 20.1. The summed E-state index contributed by atoms with van der Waals surface area (Å²) in [5.74, 6) is 0.550. The molecule has 0 aliphatic heterocycles. The van der Waals surface area contributed by atoms with Gasteiger partial charge >= 0.3 is 5.97 Å². The standard InChI is InChI=1S/C19H19N3O2S/c1-14(18(23)24-2)25-19-21-20-17(13-15-9-5-3-6-10-15)22(19)16-11-7-4-8-12-16/h3-12,14H,13H2,1-2H3/t14-/m0/s1. The fourth-order valence-corrected chi connectivity index (χ4v) is 3.39. The molecule has 5 nitrogen and oxygen atoms in total. The Bertz CT molecular complexity index is 834. The van der Waals surface area contributed by atoms with Crippen LogP contribution in [0.2, 0.25) is 0 Å². The molecular weight excluding hydrogens is 334 g/mol. The third kappa shape index (κ3) is 4.09. The summed E-state index contributed by atoms with van der Waals surface area (Å²) in [5, 5.41) is 9.00. The monoisotopic (exact) mass is 353 g/mol. The molecule has 25 heavy (non-hydrogen) atoms. The Balaban J connectivity index is 1.97. The third-order valence-electron chi connectivity index (χ3n) is 3.74. The maximum absolute atomic E-state index is 11.8. The van der Waals surface area contributed by atoms with Gasteiger partial charge in [-0.05, 0) is 24.6 Å². The van der Waals surface area contributed by atoms with Crippen LogP contribution in [0.15, 0.2) is 65.8 Å². The van der Waals surface area contributed by atoms with Crippen LogP contribution in [0.3, 0.4) is 0 Å². The predicted molar refractivity (Wildman–Crippen MR) is 97.9 cm³/mol. The maximum atomic E-state index is 11.8. The summed E-state index contributed by atoms with van der Waals surface area (Å²) in [7, 11) is 1.39. The van der Waals surface area contributed by atoms with Crippen molar-refractivity contribution in [1.82, 2.24) is 14.8 Å². The van der Waals surface area contributed by atoms with E-state index < -0.39 is 0 Å². The molecule has 0 radical (unpaired) electrons. The molecular formula is C19H19N3O2S. The Morgan fingerprint density at radius 1 is 1.08 bits per heavy atom. The first-order chi connectivity index (χ1) is 12.2. The second kappa shape index (κ2) is 7.98. The lowest BCUT2D eigenvalue weighted by molar-refractivity contribution is -0.139. The van der Waals surface area contributed by atoms with Crippen LogP contribution in [-0.2, 0) is 16.0 Å². The van der Waals surface area contributed by atoms with Crippen molar-refractivity contribution in [1.29, 1.82) is 0 Å². The molecule has 1 atom stereocenters. The molecule has 0 bridgehead atoms. The first-order valence-corrected chi connectivity index (χ1v) is 8.85. The maximum Gasteiger partial charge on any atom is 0.318 e. The number of para-hydroxylation sites is 1. The molecule has 0 amide bonds. The third-order valence-corrected chi connectivity index (χ3v) is 4.76. The zero-order chi connectivity index (χ0) is 17.6. The highest BCUT2D eigenvalue weighted by atomic mass is 32.2. The highest BCUT2D eigenvalue weighted by Gasteiger charge is 2.21. The van der Waals surface area contributed by atoms with Gasteiger partial charge in [-0.2, -0.15) is 0 Å². The van der Waals surface area contributed by atoms with Gasteiger partial charge in [-0.1, -0.05) is 60.3 Å². The highest BCUT2D eigenvalue weighted by molar-refractivity contribution is 8.00. The normalized spacial score (nSPS) is 11.9. The first kappa shape index (κ1) is 17.2. The average Bonchev–Trinajstić information content (AvgIpc) is 3.04. The van der Waals surface area contributed by atoms with Crippen LogP contribution < -0.4 is 0 Å². The van der Waals surface area contributed by atoms with E-state index in [4.69, 9.17) is 4.74 Å². The van der Waals surface area contributed by atoms with E-state index in [0.717, 1.165) is 17.1 Å². The molecule has 128 valence electrons. The molecule has 0 aliphatic carbocycles. The summed E-state index contributed by atoms with van der Waals surface area (Å²) < 4.78 is 6.81. The molecule has 6 heteroatoms. The minimum Gasteiger partial charge on any atom is -0.468 e. The number of thioether (sulfide) groups is 1. The van der Waals surface area contributed by atoms with Crippen molar-refractivity contribution >= 4 is 17.7 Å². The van der Waals surface area contributed by atoms with Gasteiger partial charge < -0.3 is 4.74 Å². The number of hydrogen-bond acceptors (Lipinski definition) is 5. The topological polar surface area (TPSA) is 57.0 Å². The molecule has 0 unspecified atom stereocenters. The number of carbonyl (C=O) groups is 1. The highest BCUT2D eigenvalue weighted by Crippen LogP contribution is 2.27. The van der Waals surface area contributed by atoms with Crippen LogP contribution in [0.4, 0.5) is 0 Å². The number of nitrogens with zero attached hydrogens (tertiary/aromatic N) is 3. The number of ether oxygens (including phenoxy) is 1. The lowest BCUT2D eigenvalue weighted by Gasteiger charge is -2.12. The summed E-state index contributed by atoms with van der Waals surface area (Å²) in [6.45, 7) is 1.80. The van der Waals surface area contributed by atoms with Crippen molar-refractivity contribution in [2.75, 3.05) is 7.11 Å². The lowest BCUT2D eigenvalue weighted by atomic mass is 10.1. The van der Waals surface area contributed by atoms with Gasteiger partial charge in [0.25, 0.3) is 0 Å². The number of esters is 1. The van der Waals surface area contributed by atoms with Gasteiger partial charge in [-0.3, -0.25) is 9.36 Å². The second-order valence-corrected chi connectivity index (χ2v) is 6.82. The smallest absolute Gasteiger partial charge is 0.318 e. The molecule has 0 aliphatic rings. The van der Waals surface area contributed by atoms with Gasteiger partial charge in [0.2, 0.25) is 0 Å². The molecule has 0 saturated carbocycles. The van der Waals surface area contributed by atoms with E-state index >= 15 is 0 Å². The summed E-state index contributed by atoms with van der Waals surface area (Å²) in [6.07, 6.45) is 0.663. The minimum absolute atomic E-state index is 0.280. The SMILES string of the molecule is COC(=O)[C@H](C)Sc1nnc(Cc2ccccc2)n1-c1ccccc1. The molecule has 0 spiro atoms. The van der Waals surface area contributed by atoms with Crippen molar-refractivity contribution in [3.8, 4) is 5.69 Å². The Labute approximate surface area is 151 Å². The van der Waals surface area contributed by atoms with Crippen molar-refractivity contribution in [3.05, 3.63) is 72.1 Å². The zero-order valence-electron chi connectivity index (χ0n) is 14.1. The molecule has 3 rings (SSSR count). The number of aromatic nitrogens is 3. The fourth-order valence-electron chi connectivity index (χ4n) is 2.48. The zero-order valence-corrected chi connectivity index (χ0v) is 14.9. The number of carbonyl (C=O) groups excluding carboxylic acids is 1. The van der Waals surface area contributed by atoms with Gasteiger partial charge in [0.1, 0.15) is 11.1 Å². The Morgan fingerprint density at radius 2 is 1.72 bits per heavy atom. The molecule has 1 aromatic heterocycles. The summed E-state index contributed by atoms with van der Waals surface area (Å²) in [4.78, 5) is 11.8. The first-order valence-electron chi connectivity index (χ1n) is 7.97. The van der Waals surface area contributed by atoms with Gasteiger partial charge in [0.15, 0.2) is 5.16 Å². The molecule has 3 aromatic rings. The van der Waals surface area contributed by atoms with Gasteiger partial charge in [0, 0.05) is 12.1 Å². The molecule has 0 N–H and O–H groups in total. The number of methoxy groups -OCH3 is 1. The van der Waals surface area contributed by atoms with Gasteiger partial charge in [-0.15, -0.1) is 10.2 Å². The average molecular weight is 353 g/mol. The van der Waals surface area contributed by atoms with Crippen molar-refractivity contribution in [2.24, 2.45) is 0 Å². The lowest BCUT2D eigenvalue weighted by Crippen LogP contribution is -2.15. The predicted octanol–water partition coefficient (Wildman–Crippen LogP) is 3.51. The van der Waals surface area contributed by atoms with Crippen LogP contribution >= 0.6 is 11.8 Å². The van der Waals surface area contributed by atoms with Crippen LogP contribution in [0.1, 0.15) is 18.3 Å². The molecule has 2 aromatic carbocycles. The number of rotatable bonds is 6. The summed E-state index contributed by atoms with van der Waals surface area (Å²) >= 11 is 1.34. The van der Waals surface area contributed by atoms with E-state index in [9.17, 15) is 4.79 Å². The van der Waals surface area contributed by atoms with Gasteiger partial charge in [0.05, 0.1) is 7.11 Å². The van der Waals surface area contributed by atoms with E-state index in [-0.39, 0.29) is 11.2 Å². The van der Waals surface area contributed by atoms with E-state index in [1.165, 1.54) is 18.9 Å². The van der Waals surface area contributed by atoms with E-state index in [0.29, 0.717) is 11.6 Å². The van der Waals surface area contributed by atoms with Crippen molar-refractivity contribution < 1.29 is 9.53 Å². The number of benzene rings is 2. The fraction of sp³-hybridized carbons (Fsp3) is 0.211. The van der Waals surface area contributed by atoms with Crippen LogP contribution in [0.5, 0.6) is 0 Å². The largest absolute Gasteiger partial charge is 0.468 e. The van der Waals surface area contributed by atoms with Crippen molar-refractivity contribution in [3.63, 3.8) is 0 Å². The molecule has 0 fully saturated rings. The minimum atomic E-state index is -0.360. The Kier molecular flexibility index (Phi) is 5.50. The quantitative estimate of drug-likeness (QED) is 0.501. The van der Waals surface area contributed by atoms with Crippen LogP contribution in [-0.4, -0.2) is 33.1 Å². The Morgan fingerprint density at radius 3 is 2.36 bits per heavy atom. The van der Waals surface area contributed by atoms with E-state index in [2.05, 4.69) is 22.3 Å². The van der Waals surface area contributed by atoms with E-state index in [1.54, 1.807) is 6.92 Å². The van der Waals surface area contributed by atoms with Crippen LogP contribution in [0.25, 0.3) is 5.69 Å².